The van der Waals surface area contributed by atoms with Gasteiger partial charge in [-0.3, -0.25) is 9.13 Å². The number of hydrogen-bond donors (Lipinski definition) is 0. The number of pyridine rings is 2. The van der Waals surface area contributed by atoms with Gasteiger partial charge in [-0.2, -0.15) is 35.4 Å². The second kappa shape index (κ2) is 22.8. The van der Waals surface area contributed by atoms with Crippen LogP contribution in [0, 0.1) is 36.9 Å². The summed E-state index contributed by atoms with van der Waals surface area (Å²) in [5, 5.41) is 0. The van der Waals surface area contributed by atoms with Crippen molar-refractivity contribution in [2.75, 3.05) is 36.0 Å². The molecule has 78 heavy (non-hydrogen) atoms. The van der Waals surface area contributed by atoms with E-state index in [1.165, 1.54) is 49.9 Å². The van der Waals surface area contributed by atoms with Gasteiger partial charge in [0.2, 0.25) is 0 Å². The van der Waals surface area contributed by atoms with Gasteiger partial charge in [-0.05, 0) is 110 Å². The molecule has 2 saturated heterocycles. The molecule has 12 heteroatoms. The summed E-state index contributed by atoms with van der Waals surface area (Å²) in [5.74, 6) is 2.02. The van der Waals surface area contributed by atoms with E-state index < -0.39 is 0 Å². The van der Waals surface area contributed by atoms with Crippen LogP contribution in [-0.2, 0) is 53.0 Å². The van der Waals surface area contributed by atoms with Crippen LogP contribution in [0.3, 0.4) is 0 Å². The fourth-order valence-electron chi connectivity index (χ4n) is 10.4. The Kier molecular flexibility index (Phi) is 16.0. The van der Waals surface area contributed by atoms with Gasteiger partial charge in [-0.25, -0.2) is 0 Å². The molecular formula is C66H62N8O2Pt2-4. The first kappa shape index (κ1) is 54.5. The maximum Gasteiger partial charge on any atom is 0.268 e. The van der Waals surface area contributed by atoms with Gasteiger partial charge in [0.05, 0.1) is 33.4 Å². The molecule has 2 aliphatic heterocycles. The Morgan fingerprint density at radius 2 is 0.821 bits per heavy atom. The van der Waals surface area contributed by atoms with E-state index in [-0.39, 0.29) is 53.0 Å². The molecule has 402 valence electrons. The van der Waals surface area contributed by atoms with Crippen LogP contribution in [0.5, 0.6) is 23.0 Å². The van der Waals surface area contributed by atoms with Crippen molar-refractivity contribution in [1.82, 2.24) is 19.1 Å². The molecule has 0 saturated carbocycles. The summed E-state index contributed by atoms with van der Waals surface area (Å²) < 4.78 is 21.8. The van der Waals surface area contributed by atoms with E-state index in [2.05, 4.69) is 238 Å². The van der Waals surface area contributed by atoms with Gasteiger partial charge in [0.1, 0.15) is 0 Å². The van der Waals surface area contributed by atoms with Crippen LogP contribution in [0.4, 0.5) is 11.4 Å². The van der Waals surface area contributed by atoms with Crippen LogP contribution < -0.4 is 28.4 Å². The predicted molar refractivity (Wildman–Crippen MR) is 300 cm³/mol. The van der Waals surface area contributed by atoms with E-state index in [0.717, 1.165) is 82.1 Å². The fourth-order valence-corrected chi connectivity index (χ4v) is 10.4. The molecule has 0 unspecified atom stereocenters. The molecule has 0 spiro atoms. The third kappa shape index (κ3) is 11.5. The van der Waals surface area contributed by atoms with Crippen molar-refractivity contribution in [3.63, 3.8) is 0 Å². The quantitative estimate of drug-likeness (QED) is 0.0949. The van der Waals surface area contributed by atoms with Gasteiger partial charge < -0.3 is 38.4 Å². The predicted octanol–water partition coefficient (Wildman–Crippen LogP) is 13.5. The van der Waals surface area contributed by atoms with Crippen molar-refractivity contribution < 1.29 is 60.7 Å². The summed E-state index contributed by atoms with van der Waals surface area (Å²) in [6.07, 6.45) is 18.3. The number of hydrogen-bond acceptors (Lipinski definition) is 6. The molecule has 0 radical (unpaired) electrons. The summed E-state index contributed by atoms with van der Waals surface area (Å²) in [6.45, 7) is 17.6. The SMILES string of the molecule is CC(C)(C)c1cc(Oc2[c-]c(-c3[c-]c(Oc4[c-]c(-[n+]5[c-]n(-c6cccc(N7CCCCC7)c6)c6ccccc65)cc(C(C)(C)C)c4)ccn3)ncc2)[c-]c(-[n+]2[c-]n(-c3cccc(N4CCCCC4)c3)c3ccccc32)c1.[Pt].[Pt]. The largest absolute Gasteiger partial charge is 0.511 e. The van der Waals surface area contributed by atoms with Gasteiger partial charge in [0, 0.05) is 103 Å². The maximum atomic E-state index is 6.67. The van der Waals surface area contributed by atoms with Gasteiger partial charge >= 0.3 is 0 Å². The normalized spacial score (nSPS) is 14.0. The molecule has 2 fully saturated rings. The van der Waals surface area contributed by atoms with Gasteiger partial charge in [-0.15, -0.1) is 47.8 Å². The first-order valence-electron chi connectivity index (χ1n) is 26.8. The summed E-state index contributed by atoms with van der Waals surface area (Å²) >= 11 is 0. The first-order chi connectivity index (χ1) is 36.9. The van der Waals surface area contributed by atoms with Crippen LogP contribution in [0.2, 0.25) is 0 Å². The fraction of sp³-hybridized carbons (Fsp3) is 0.273. The van der Waals surface area contributed by atoms with Crippen LogP contribution in [-0.4, -0.2) is 45.3 Å². The second-order valence-corrected chi connectivity index (χ2v) is 22.2. The molecule has 2 aliphatic rings. The van der Waals surface area contributed by atoms with Crippen LogP contribution >= 0.6 is 0 Å². The number of rotatable bonds is 11. The Bertz CT molecular complexity index is 3500. The van der Waals surface area contributed by atoms with Crippen molar-refractivity contribution in [1.29, 1.82) is 0 Å². The van der Waals surface area contributed by atoms with Crippen molar-refractivity contribution in [2.45, 2.75) is 90.9 Å². The second-order valence-electron chi connectivity index (χ2n) is 22.2. The smallest absolute Gasteiger partial charge is 0.268 e. The van der Waals surface area contributed by atoms with Crippen molar-refractivity contribution in [2.24, 2.45) is 0 Å². The van der Waals surface area contributed by atoms with Crippen LogP contribution in [0.1, 0.15) is 91.2 Å². The average molecular weight is 1390 g/mol. The molecule has 6 heterocycles. The number of para-hydroxylation sites is 4. The molecule has 4 aromatic heterocycles. The molecule has 10 aromatic rings. The minimum Gasteiger partial charge on any atom is -0.511 e. The Hall–Kier alpha value is -6.86. The van der Waals surface area contributed by atoms with Crippen molar-refractivity contribution >= 4 is 33.4 Å². The molecule has 0 atom stereocenters. The topological polar surface area (TPSA) is 68.3 Å². The zero-order valence-corrected chi connectivity index (χ0v) is 49.5. The Morgan fingerprint density at radius 3 is 1.23 bits per heavy atom. The third-order valence-corrected chi connectivity index (χ3v) is 14.6. The number of aromatic nitrogens is 6. The van der Waals surface area contributed by atoms with E-state index in [1.807, 2.05) is 0 Å². The van der Waals surface area contributed by atoms with Crippen LogP contribution in [0.25, 0.3) is 56.2 Å². The van der Waals surface area contributed by atoms with E-state index in [4.69, 9.17) is 9.47 Å². The number of imidazole rings is 2. The van der Waals surface area contributed by atoms with E-state index >= 15 is 0 Å². The third-order valence-electron chi connectivity index (χ3n) is 14.6. The van der Waals surface area contributed by atoms with Crippen LogP contribution in [0.15, 0.2) is 146 Å². The molecule has 6 aromatic carbocycles. The minimum atomic E-state index is -0.199. The minimum absolute atomic E-state index is 0. The molecule has 0 aliphatic carbocycles. The number of nitrogens with zero attached hydrogens (tertiary/aromatic N) is 8. The van der Waals surface area contributed by atoms with Crippen molar-refractivity contribution in [3.05, 3.63) is 194 Å². The van der Waals surface area contributed by atoms with Gasteiger partial charge in [0.15, 0.2) is 0 Å². The zero-order valence-electron chi connectivity index (χ0n) is 45.0. The Balaban J connectivity index is 0.00000344. The zero-order chi connectivity index (χ0) is 52.0. The average Bonchev–Trinajstić information content (AvgIpc) is 4.11. The summed E-state index contributed by atoms with van der Waals surface area (Å²) in [4.78, 5) is 14.3. The standard InChI is InChI=1S/C66H62N8O2.2Pt/c1-65(2,3)47-35-53(73-45-71(61-23-9-11-25-63(61)73)51-21-17-19-49(39-51)69-31-13-7-14-32-69)41-57(37-47)75-55-27-29-67-59(43-55)60-44-56(28-30-68-60)76-58-38-48(66(4,5)6)36-54(42-58)74-46-72(62-24-10-12-26-64(62)74)52-22-18-20-50(40-52)70-33-15-8-16-34-70;;/h9-12,17-30,35-40H,7-8,13-16,31-34H2,1-6H3;;/q-4;;. The summed E-state index contributed by atoms with van der Waals surface area (Å²) in [6, 6.07) is 60.5. The molecular weight excluding hydrogens is 1330 g/mol. The van der Waals surface area contributed by atoms with Gasteiger partial charge in [0.25, 0.3) is 12.7 Å². The molecule has 0 N–H and O–H groups in total. The number of benzene rings is 6. The molecule has 10 nitrogen and oxygen atoms in total. The number of ether oxygens (including phenoxy) is 2. The number of piperidine rings is 2. The Morgan fingerprint density at radius 1 is 0.423 bits per heavy atom. The van der Waals surface area contributed by atoms with E-state index in [9.17, 15) is 0 Å². The van der Waals surface area contributed by atoms with E-state index in [0.29, 0.717) is 34.4 Å². The van der Waals surface area contributed by atoms with E-state index in [1.54, 1.807) is 24.5 Å². The summed E-state index contributed by atoms with van der Waals surface area (Å²) in [7, 11) is 0. The van der Waals surface area contributed by atoms with Gasteiger partial charge in [-0.1, -0.05) is 102 Å². The molecule has 0 bridgehead atoms. The van der Waals surface area contributed by atoms with Crippen molar-refractivity contribution in [3.8, 4) is 57.1 Å². The maximum absolute atomic E-state index is 6.67. The Labute approximate surface area is 487 Å². The first-order valence-corrected chi connectivity index (χ1v) is 26.8. The molecule has 0 amide bonds. The number of fused-ring (bicyclic) bond motifs is 2. The number of anilines is 2. The summed E-state index contributed by atoms with van der Waals surface area (Å²) in [5.41, 5.74) is 13.0. The molecule has 12 rings (SSSR count). The monoisotopic (exact) mass is 1390 g/mol.